The van der Waals surface area contributed by atoms with Gasteiger partial charge in [-0.2, -0.15) is 0 Å². The van der Waals surface area contributed by atoms with Crippen molar-refractivity contribution in [3.8, 4) is 0 Å². The second kappa shape index (κ2) is 7.63. The zero-order chi connectivity index (χ0) is 11.8. The molecule has 1 amide bonds. The van der Waals surface area contributed by atoms with Crippen LogP contribution in [0.15, 0.2) is 0 Å². The smallest absolute Gasteiger partial charge is 0.217 e. The lowest BCUT2D eigenvalue weighted by atomic mass is 10.1. The molecule has 0 radical (unpaired) electrons. The van der Waals surface area contributed by atoms with Crippen molar-refractivity contribution in [3.63, 3.8) is 0 Å². The number of hydrogen-bond donors (Lipinski definition) is 2. The lowest BCUT2D eigenvalue weighted by Gasteiger charge is -2.18. The van der Waals surface area contributed by atoms with Crippen molar-refractivity contribution in [3.05, 3.63) is 0 Å². The van der Waals surface area contributed by atoms with E-state index in [-0.39, 0.29) is 5.91 Å². The molecule has 1 atom stereocenters. The minimum atomic E-state index is -0.195. The van der Waals surface area contributed by atoms with Crippen molar-refractivity contribution in [1.82, 2.24) is 10.2 Å². The number of carbonyl (C=O) groups is 1. The highest BCUT2D eigenvalue weighted by molar-refractivity contribution is 5.73. The van der Waals surface area contributed by atoms with Crippen LogP contribution in [0.1, 0.15) is 39.0 Å². The second-order valence-corrected chi connectivity index (χ2v) is 4.59. The molecule has 0 aliphatic carbocycles. The van der Waals surface area contributed by atoms with E-state index < -0.39 is 0 Å². The fourth-order valence-electron chi connectivity index (χ4n) is 2.25. The summed E-state index contributed by atoms with van der Waals surface area (Å²) in [6, 6.07) is 0.629. The summed E-state index contributed by atoms with van der Waals surface area (Å²) in [7, 11) is 0. The van der Waals surface area contributed by atoms with E-state index in [0.717, 1.165) is 19.5 Å². The van der Waals surface area contributed by atoms with Gasteiger partial charge in [0.15, 0.2) is 0 Å². The van der Waals surface area contributed by atoms with E-state index in [2.05, 4.69) is 17.1 Å². The summed E-state index contributed by atoms with van der Waals surface area (Å²) in [6.45, 7) is 6.73. The highest BCUT2D eigenvalue weighted by Gasteiger charge is 2.14. The second-order valence-electron chi connectivity index (χ2n) is 4.59. The van der Waals surface area contributed by atoms with Crippen LogP contribution < -0.4 is 11.1 Å². The molecule has 1 heterocycles. The van der Waals surface area contributed by atoms with E-state index in [0.29, 0.717) is 12.5 Å². The third-order valence-corrected chi connectivity index (χ3v) is 3.30. The van der Waals surface area contributed by atoms with Gasteiger partial charge in [-0.15, -0.1) is 0 Å². The quantitative estimate of drug-likeness (QED) is 0.657. The highest BCUT2D eigenvalue weighted by atomic mass is 16.1. The van der Waals surface area contributed by atoms with Gasteiger partial charge >= 0.3 is 0 Å². The largest absolute Gasteiger partial charge is 0.370 e. The number of likely N-dealkylation sites (tertiary alicyclic amines) is 1. The Bertz CT molecular complexity index is 208. The Hall–Kier alpha value is -0.610. The summed E-state index contributed by atoms with van der Waals surface area (Å²) in [5.74, 6) is -0.195. The van der Waals surface area contributed by atoms with Crippen LogP contribution in [0.4, 0.5) is 0 Å². The Morgan fingerprint density at radius 3 is 2.94 bits per heavy atom. The van der Waals surface area contributed by atoms with Gasteiger partial charge < -0.3 is 16.0 Å². The molecule has 0 bridgehead atoms. The van der Waals surface area contributed by atoms with Crippen molar-refractivity contribution in [2.24, 2.45) is 5.73 Å². The number of rotatable bonds is 6. The third-order valence-electron chi connectivity index (χ3n) is 3.30. The van der Waals surface area contributed by atoms with E-state index in [1.165, 1.54) is 32.4 Å². The summed E-state index contributed by atoms with van der Waals surface area (Å²) >= 11 is 0. The summed E-state index contributed by atoms with van der Waals surface area (Å²) in [6.07, 6.45) is 5.13. The number of nitrogens with two attached hydrogens (primary N) is 1. The summed E-state index contributed by atoms with van der Waals surface area (Å²) in [5, 5.41) is 3.53. The van der Waals surface area contributed by atoms with Gasteiger partial charge in [-0.1, -0.05) is 6.92 Å². The predicted octanol–water partition coefficient (Wildman–Crippen LogP) is 0.716. The fraction of sp³-hybridized carbons (Fsp3) is 0.917. The van der Waals surface area contributed by atoms with Crippen LogP contribution >= 0.6 is 0 Å². The number of nitrogens with one attached hydrogen (secondary N) is 1. The fourth-order valence-corrected chi connectivity index (χ4v) is 2.25. The maximum Gasteiger partial charge on any atom is 0.217 e. The van der Waals surface area contributed by atoms with Crippen LogP contribution in [-0.2, 0) is 4.79 Å². The molecule has 1 aliphatic rings. The first-order valence-corrected chi connectivity index (χ1v) is 6.46. The summed E-state index contributed by atoms with van der Waals surface area (Å²) in [4.78, 5) is 13.1. The first kappa shape index (κ1) is 13.5. The van der Waals surface area contributed by atoms with Gasteiger partial charge in [-0.05, 0) is 51.9 Å². The van der Waals surface area contributed by atoms with Crippen molar-refractivity contribution < 1.29 is 4.79 Å². The summed E-state index contributed by atoms with van der Waals surface area (Å²) < 4.78 is 0. The van der Waals surface area contributed by atoms with Gasteiger partial charge in [-0.25, -0.2) is 0 Å². The van der Waals surface area contributed by atoms with E-state index in [9.17, 15) is 4.79 Å². The Balaban J connectivity index is 2.10. The number of hydrogen-bond acceptors (Lipinski definition) is 3. The van der Waals surface area contributed by atoms with Crippen molar-refractivity contribution in [2.45, 2.75) is 45.1 Å². The van der Waals surface area contributed by atoms with E-state index in [1.54, 1.807) is 0 Å². The summed E-state index contributed by atoms with van der Waals surface area (Å²) in [5.41, 5.74) is 5.10. The molecule has 4 nitrogen and oxygen atoms in total. The average molecular weight is 227 g/mol. The van der Waals surface area contributed by atoms with Crippen molar-refractivity contribution in [2.75, 3.05) is 26.2 Å². The maximum atomic E-state index is 10.6. The normalized spacial score (nSPS) is 22.9. The molecule has 0 spiro atoms. The molecule has 0 aromatic rings. The lowest BCUT2D eigenvalue weighted by Crippen LogP contribution is -2.32. The molecule has 1 fully saturated rings. The van der Waals surface area contributed by atoms with Gasteiger partial charge in [0.1, 0.15) is 0 Å². The van der Waals surface area contributed by atoms with Gasteiger partial charge in [0.05, 0.1) is 0 Å². The molecule has 1 aliphatic heterocycles. The van der Waals surface area contributed by atoms with E-state index in [4.69, 9.17) is 5.73 Å². The molecule has 1 unspecified atom stereocenters. The zero-order valence-corrected chi connectivity index (χ0v) is 10.4. The third kappa shape index (κ3) is 5.47. The van der Waals surface area contributed by atoms with Crippen LogP contribution in [0.5, 0.6) is 0 Å². The van der Waals surface area contributed by atoms with Crippen molar-refractivity contribution in [1.29, 1.82) is 0 Å². The minimum Gasteiger partial charge on any atom is -0.370 e. The van der Waals surface area contributed by atoms with Gasteiger partial charge in [0.2, 0.25) is 5.91 Å². The number of primary amides is 1. The predicted molar refractivity (Wildman–Crippen MR) is 66.2 cm³/mol. The first-order chi connectivity index (χ1) is 7.72. The number of amides is 1. The Morgan fingerprint density at radius 2 is 2.25 bits per heavy atom. The van der Waals surface area contributed by atoms with Crippen molar-refractivity contribution >= 4 is 5.91 Å². The average Bonchev–Trinajstić information content (AvgIpc) is 2.49. The number of nitrogens with zero attached hydrogens (tertiary/aromatic N) is 1. The van der Waals surface area contributed by atoms with E-state index in [1.807, 2.05) is 0 Å². The molecule has 94 valence electrons. The Morgan fingerprint density at radius 1 is 1.44 bits per heavy atom. The molecule has 0 saturated carbocycles. The van der Waals surface area contributed by atoms with Gasteiger partial charge in [0, 0.05) is 12.5 Å². The zero-order valence-electron chi connectivity index (χ0n) is 10.4. The van der Waals surface area contributed by atoms with E-state index >= 15 is 0 Å². The lowest BCUT2D eigenvalue weighted by molar-refractivity contribution is -0.118. The SMILES string of the molecule is CCN1CCCC(NCCCC(N)=O)CC1. The van der Waals surface area contributed by atoms with Crippen LogP contribution in [0, 0.1) is 0 Å². The monoisotopic (exact) mass is 227 g/mol. The number of carbonyl (C=O) groups excluding carboxylic acids is 1. The Labute approximate surface area is 98.6 Å². The topological polar surface area (TPSA) is 58.4 Å². The van der Waals surface area contributed by atoms with Gasteiger partial charge in [0.25, 0.3) is 0 Å². The minimum absolute atomic E-state index is 0.195. The molecule has 1 rings (SSSR count). The van der Waals surface area contributed by atoms with Crippen LogP contribution in [0.2, 0.25) is 0 Å². The molecular weight excluding hydrogens is 202 g/mol. The maximum absolute atomic E-state index is 10.6. The molecule has 1 saturated heterocycles. The first-order valence-electron chi connectivity index (χ1n) is 6.46. The van der Waals surface area contributed by atoms with Gasteiger partial charge in [-0.3, -0.25) is 4.79 Å². The highest BCUT2D eigenvalue weighted by Crippen LogP contribution is 2.10. The molecule has 16 heavy (non-hydrogen) atoms. The van der Waals surface area contributed by atoms with Crippen LogP contribution in [0.3, 0.4) is 0 Å². The molecular formula is C12H25N3O. The standard InChI is InChI=1S/C12H25N3O/c1-2-15-9-4-5-11(7-10-15)14-8-3-6-12(13)16/h11,14H,2-10H2,1H3,(H2,13,16). The molecule has 4 heteroatoms. The molecule has 0 aromatic heterocycles. The molecule has 3 N–H and O–H groups in total. The van der Waals surface area contributed by atoms with Crippen LogP contribution in [-0.4, -0.2) is 43.0 Å². The molecule has 0 aromatic carbocycles. The Kier molecular flexibility index (Phi) is 6.42. The van der Waals surface area contributed by atoms with Crippen LogP contribution in [0.25, 0.3) is 0 Å².